The first-order valence-corrected chi connectivity index (χ1v) is 5.88. The van der Waals surface area contributed by atoms with E-state index in [9.17, 15) is 15.0 Å². The summed E-state index contributed by atoms with van der Waals surface area (Å²) in [7, 11) is 0. The van der Waals surface area contributed by atoms with Gasteiger partial charge in [-0.15, -0.1) is 0 Å². The summed E-state index contributed by atoms with van der Waals surface area (Å²) < 4.78 is 5.03. The van der Waals surface area contributed by atoms with Gasteiger partial charge < -0.3 is 20.1 Å². The van der Waals surface area contributed by atoms with Gasteiger partial charge >= 0.3 is 11.8 Å². The highest BCUT2D eigenvalue weighted by molar-refractivity contribution is 5.76. The molecule has 0 fully saturated rings. The minimum atomic E-state index is -2.61. The summed E-state index contributed by atoms with van der Waals surface area (Å²) >= 11 is 0. The Morgan fingerprint density at radius 3 is 2.50 bits per heavy atom. The Hall–Kier alpha value is -1.59. The number of hydrogen-bond donors (Lipinski definition) is 3. The number of carboxylic acid groups (broad SMARTS) is 1. The van der Waals surface area contributed by atoms with Crippen molar-refractivity contribution in [3.05, 3.63) is 30.3 Å². The Morgan fingerprint density at radius 1 is 1.39 bits per heavy atom. The molecule has 0 heterocycles. The number of hydrogen-bond acceptors (Lipinski definition) is 4. The normalized spacial score (nSPS) is 15.7. The van der Waals surface area contributed by atoms with E-state index >= 15 is 0 Å². The molecule has 18 heavy (non-hydrogen) atoms. The molecule has 0 aliphatic heterocycles. The molecule has 0 spiro atoms. The molecule has 2 unspecified atom stereocenters. The molecule has 0 amide bonds. The van der Waals surface area contributed by atoms with Gasteiger partial charge in [0.25, 0.3) is 0 Å². The van der Waals surface area contributed by atoms with Gasteiger partial charge in [-0.05, 0) is 18.6 Å². The highest BCUT2D eigenvalue weighted by atomic mass is 16.7. The van der Waals surface area contributed by atoms with Crippen LogP contribution in [0.4, 0.5) is 0 Å². The number of carboxylic acids is 1. The van der Waals surface area contributed by atoms with E-state index < -0.39 is 17.9 Å². The first kappa shape index (κ1) is 14.5. The molecule has 100 valence electrons. The van der Waals surface area contributed by atoms with E-state index in [1.807, 2.05) is 6.92 Å². The molecule has 5 nitrogen and oxygen atoms in total. The standard InChI is InChI=1S/C13H18O5/c1-2-3-9-11(14)13(17,12(15)16)18-10-7-5-4-6-8-10/h4-8,11,14,17H,2-3,9H2,1H3,(H,15,16). The van der Waals surface area contributed by atoms with Crippen LogP contribution in [0.15, 0.2) is 30.3 Å². The van der Waals surface area contributed by atoms with Crippen molar-refractivity contribution in [2.45, 2.75) is 38.1 Å². The molecule has 2 atom stereocenters. The number of unbranched alkanes of at least 4 members (excludes halogenated alkanes) is 1. The third kappa shape index (κ3) is 3.45. The lowest BCUT2D eigenvalue weighted by Crippen LogP contribution is -2.54. The molecule has 0 aromatic heterocycles. The number of aliphatic hydroxyl groups is 2. The van der Waals surface area contributed by atoms with Crippen LogP contribution in [0.1, 0.15) is 26.2 Å². The van der Waals surface area contributed by atoms with Crippen LogP contribution in [0.5, 0.6) is 5.75 Å². The zero-order valence-electron chi connectivity index (χ0n) is 10.2. The Kier molecular flexibility index (Phi) is 5.12. The van der Waals surface area contributed by atoms with E-state index in [1.54, 1.807) is 18.2 Å². The van der Waals surface area contributed by atoms with E-state index in [1.165, 1.54) is 12.1 Å². The minimum Gasteiger partial charge on any atom is -0.476 e. The molecule has 1 aromatic carbocycles. The average molecular weight is 254 g/mol. The highest BCUT2D eigenvalue weighted by Gasteiger charge is 2.46. The summed E-state index contributed by atoms with van der Waals surface area (Å²) in [5.74, 6) is -4.02. The van der Waals surface area contributed by atoms with Crippen LogP contribution in [0.2, 0.25) is 0 Å². The van der Waals surface area contributed by atoms with Crippen LogP contribution >= 0.6 is 0 Å². The zero-order chi connectivity index (χ0) is 13.6. The molecule has 0 saturated heterocycles. The topological polar surface area (TPSA) is 87.0 Å². The lowest BCUT2D eigenvalue weighted by atomic mass is 10.0. The SMILES string of the molecule is CCCCC(O)C(O)(Oc1ccccc1)C(=O)O. The van der Waals surface area contributed by atoms with E-state index in [-0.39, 0.29) is 12.2 Å². The van der Waals surface area contributed by atoms with Gasteiger partial charge in [0.1, 0.15) is 11.9 Å². The van der Waals surface area contributed by atoms with E-state index in [0.29, 0.717) is 6.42 Å². The van der Waals surface area contributed by atoms with E-state index in [2.05, 4.69) is 0 Å². The first-order valence-electron chi connectivity index (χ1n) is 5.88. The van der Waals surface area contributed by atoms with Crippen molar-refractivity contribution in [1.82, 2.24) is 0 Å². The van der Waals surface area contributed by atoms with Crippen LogP contribution in [-0.2, 0) is 4.79 Å². The molecular weight excluding hydrogens is 236 g/mol. The quantitative estimate of drug-likeness (QED) is 0.640. The van der Waals surface area contributed by atoms with Gasteiger partial charge in [-0.1, -0.05) is 38.0 Å². The molecule has 0 saturated carbocycles. The smallest absolute Gasteiger partial charge is 0.380 e. The molecule has 1 rings (SSSR count). The van der Waals surface area contributed by atoms with E-state index in [4.69, 9.17) is 9.84 Å². The zero-order valence-corrected chi connectivity index (χ0v) is 10.2. The lowest BCUT2D eigenvalue weighted by Gasteiger charge is -2.29. The van der Waals surface area contributed by atoms with Crippen molar-refractivity contribution in [1.29, 1.82) is 0 Å². The fourth-order valence-electron chi connectivity index (χ4n) is 1.52. The Morgan fingerprint density at radius 2 is 2.00 bits per heavy atom. The summed E-state index contributed by atoms with van der Waals surface area (Å²) in [6, 6.07) is 8.06. The van der Waals surface area contributed by atoms with Crippen molar-refractivity contribution < 1.29 is 24.9 Å². The third-order valence-electron chi connectivity index (χ3n) is 2.61. The summed E-state index contributed by atoms with van der Waals surface area (Å²) in [5, 5.41) is 28.8. The summed E-state index contributed by atoms with van der Waals surface area (Å²) in [5.41, 5.74) is 0. The van der Waals surface area contributed by atoms with Crippen molar-refractivity contribution in [2.75, 3.05) is 0 Å². The van der Waals surface area contributed by atoms with Gasteiger partial charge in [-0.3, -0.25) is 0 Å². The minimum absolute atomic E-state index is 0.159. The van der Waals surface area contributed by atoms with Crippen LogP contribution in [0.3, 0.4) is 0 Å². The molecule has 5 heteroatoms. The van der Waals surface area contributed by atoms with Crippen LogP contribution in [-0.4, -0.2) is 33.2 Å². The largest absolute Gasteiger partial charge is 0.476 e. The van der Waals surface area contributed by atoms with Crippen molar-refractivity contribution in [2.24, 2.45) is 0 Å². The van der Waals surface area contributed by atoms with Crippen LogP contribution < -0.4 is 4.74 Å². The molecule has 1 aromatic rings. The maximum absolute atomic E-state index is 11.1. The van der Waals surface area contributed by atoms with E-state index in [0.717, 1.165) is 6.42 Å². The molecule has 0 aliphatic rings. The van der Waals surface area contributed by atoms with Crippen molar-refractivity contribution >= 4 is 5.97 Å². The monoisotopic (exact) mass is 254 g/mol. The number of aliphatic carboxylic acids is 1. The van der Waals surface area contributed by atoms with Crippen LogP contribution in [0.25, 0.3) is 0 Å². The van der Waals surface area contributed by atoms with Crippen molar-refractivity contribution in [3.8, 4) is 5.75 Å². The third-order valence-corrected chi connectivity index (χ3v) is 2.61. The van der Waals surface area contributed by atoms with Gasteiger partial charge in [0.05, 0.1) is 0 Å². The second kappa shape index (κ2) is 6.37. The lowest BCUT2D eigenvalue weighted by molar-refractivity contribution is -0.225. The number of carbonyl (C=O) groups is 1. The number of benzene rings is 1. The molecule has 0 bridgehead atoms. The highest BCUT2D eigenvalue weighted by Crippen LogP contribution is 2.22. The molecule has 0 radical (unpaired) electrons. The van der Waals surface area contributed by atoms with Crippen LogP contribution in [0, 0.1) is 0 Å². The summed E-state index contributed by atoms with van der Waals surface area (Å²) in [4.78, 5) is 11.1. The fourth-order valence-corrected chi connectivity index (χ4v) is 1.52. The van der Waals surface area contributed by atoms with Gasteiger partial charge in [0.2, 0.25) is 0 Å². The van der Waals surface area contributed by atoms with Gasteiger partial charge in [-0.2, -0.15) is 0 Å². The van der Waals surface area contributed by atoms with Gasteiger partial charge in [0, 0.05) is 0 Å². The number of rotatable bonds is 7. The Labute approximate surface area is 106 Å². The Bertz CT molecular complexity index is 378. The molecule has 3 N–H and O–H groups in total. The molecule has 0 aliphatic carbocycles. The maximum Gasteiger partial charge on any atom is 0.380 e. The number of aliphatic hydroxyl groups excluding tert-OH is 1. The maximum atomic E-state index is 11.1. The molecular formula is C13H18O5. The summed E-state index contributed by atoms with van der Waals surface area (Å²) in [6.45, 7) is 1.91. The number of ether oxygens (including phenoxy) is 1. The second-order valence-electron chi connectivity index (χ2n) is 4.07. The van der Waals surface area contributed by atoms with Gasteiger partial charge in [-0.25, -0.2) is 4.79 Å². The predicted octanol–water partition coefficient (Wildman–Crippen LogP) is 1.39. The van der Waals surface area contributed by atoms with Crippen molar-refractivity contribution in [3.63, 3.8) is 0 Å². The second-order valence-corrected chi connectivity index (χ2v) is 4.07. The predicted molar refractivity (Wildman–Crippen MR) is 65.2 cm³/mol. The number of para-hydroxylation sites is 1. The van der Waals surface area contributed by atoms with Gasteiger partial charge in [0.15, 0.2) is 0 Å². The fraction of sp³-hybridized carbons (Fsp3) is 0.462. The first-order chi connectivity index (χ1) is 8.50. The Balaban J connectivity index is 2.83. The average Bonchev–Trinajstić information content (AvgIpc) is 2.36. The summed E-state index contributed by atoms with van der Waals surface area (Å²) in [6.07, 6.45) is 0.0780.